The standard InChI is InChI=1S/C25H28N2O3/c1-4-23(18-10-14-21(29-2)15-11-18)27-24(19-8-6-5-7-9-19)25(28)26-20-12-16-22(30-3)17-13-20/h5-17,23-24,27H,4H2,1-3H3,(H,26,28). The van der Waals surface area contributed by atoms with E-state index in [9.17, 15) is 4.79 Å². The van der Waals surface area contributed by atoms with Crippen LogP contribution < -0.4 is 20.1 Å². The van der Waals surface area contributed by atoms with Gasteiger partial charge in [-0.1, -0.05) is 49.4 Å². The van der Waals surface area contributed by atoms with Crippen molar-refractivity contribution >= 4 is 11.6 Å². The normalized spacial score (nSPS) is 12.6. The van der Waals surface area contributed by atoms with Crippen LogP contribution in [0.4, 0.5) is 5.69 Å². The zero-order valence-corrected chi connectivity index (χ0v) is 17.6. The fourth-order valence-electron chi connectivity index (χ4n) is 3.34. The highest BCUT2D eigenvalue weighted by Gasteiger charge is 2.24. The van der Waals surface area contributed by atoms with E-state index in [1.807, 2.05) is 78.9 Å². The molecule has 2 N–H and O–H groups in total. The first kappa shape index (κ1) is 21.4. The van der Waals surface area contributed by atoms with Crippen molar-refractivity contribution in [2.24, 2.45) is 0 Å². The van der Waals surface area contributed by atoms with Crippen LogP contribution >= 0.6 is 0 Å². The summed E-state index contributed by atoms with van der Waals surface area (Å²) in [4.78, 5) is 13.2. The van der Waals surface area contributed by atoms with Gasteiger partial charge in [0, 0.05) is 11.7 Å². The molecule has 0 saturated carbocycles. The van der Waals surface area contributed by atoms with Crippen molar-refractivity contribution < 1.29 is 14.3 Å². The second kappa shape index (κ2) is 10.5. The second-order valence-corrected chi connectivity index (χ2v) is 6.96. The molecule has 3 aromatic carbocycles. The molecule has 3 rings (SSSR count). The van der Waals surface area contributed by atoms with E-state index in [4.69, 9.17) is 9.47 Å². The van der Waals surface area contributed by atoms with Crippen molar-refractivity contribution in [2.75, 3.05) is 19.5 Å². The van der Waals surface area contributed by atoms with Gasteiger partial charge >= 0.3 is 0 Å². The molecule has 2 unspecified atom stereocenters. The van der Waals surface area contributed by atoms with E-state index in [1.54, 1.807) is 14.2 Å². The Kier molecular flexibility index (Phi) is 7.46. The maximum Gasteiger partial charge on any atom is 0.246 e. The molecule has 5 heteroatoms. The van der Waals surface area contributed by atoms with Crippen LogP contribution in [0.25, 0.3) is 0 Å². The molecule has 0 saturated heterocycles. The first-order valence-corrected chi connectivity index (χ1v) is 10.0. The molecule has 0 bridgehead atoms. The summed E-state index contributed by atoms with van der Waals surface area (Å²) < 4.78 is 10.5. The van der Waals surface area contributed by atoms with Gasteiger partial charge in [0.2, 0.25) is 5.91 Å². The summed E-state index contributed by atoms with van der Waals surface area (Å²) in [5, 5.41) is 6.55. The Morgan fingerprint density at radius 1 is 0.800 bits per heavy atom. The van der Waals surface area contributed by atoms with Gasteiger partial charge in [0.15, 0.2) is 0 Å². The van der Waals surface area contributed by atoms with Gasteiger partial charge in [0.05, 0.1) is 14.2 Å². The lowest BCUT2D eigenvalue weighted by molar-refractivity contribution is -0.118. The molecule has 5 nitrogen and oxygen atoms in total. The molecule has 3 aromatic rings. The molecule has 2 atom stereocenters. The number of benzene rings is 3. The van der Waals surface area contributed by atoms with Crippen LogP contribution in [0.5, 0.6) is 11.5 Å². The van der Waals surface area contributed by atoms with Gasteiger partial charge in [-0.15, -0.1) is 0 Å². The number of carbonyl (C=O) groups is 1. The monoisotopic (exact) mass is 404 g/mol. The van der Waals surface area contributed by atoms with Crippen molar-refractivity contribution in [3.8, 4) is 11.5 Å². The van der Waals surface area contributed by atoms with Crippen molar-refractivity contribution in [1.29, 1.82) is 0 Å². The van der Waals surface area contributed by atoms with Crippen molar-refractivity contribution in [2.45, 2.75) is 25.4 Å². The zero-order chi connectivity index (χ0) is 21.3. The van der Waals surface area contributed by atoms with E-state index in [2.05, 4.69) is 17.6 Å². The molecule has 0 aliphatic heterocycles. The molecule has 156 valence electrons. The van der Waals surface area contributed by atoms with E-state index in [0.29, 0.717) is 0 Å². The molecule has 0 radical (unpaired) electrons. The average Bonchev–Trinajstić information content (AvgIpc) is 2.81. The fraction of sp³-hybridized carbons (Fsp3) is 0.240. The Hall–Kier alpha value is -3.31. The summed E-state index contributed by atoms with van der Waals surface area (Å²) in [6.45, 7) is 2.10. The van der Waals surface area contributed by atoms with E-state index in [0.717, 1.165) is 34.7 Å². The molecule has 0 aromatic heterocycles. The van der Waals surface area contributed by atoms with Crippen LogP contribution in [0.1, 0.15) is 36.6 Å². The lowest BCUT2D eigenvalue weighted by Gasteiger charge is -2.25. The quantitative estimate of drug-likeness (QED) is 0.519. The van der Waals surface area contributed by atoms with Gasteiger partial charge in [-0.2, -0.15) is 0 Å². The topological polar surface area (TPSA) is 59.6 Å². The van der Waals surface area contributed by atoms with Crippen LogP contribution in [0.2, 0.25) is 0 Å². The fourth-order valence-corrected chi connectivity index (χ4v) is 3.34. The number of hydrogen-bond donors (Lipinski definition) is 2. The van der Waals surface area contributed by atoms with Crippen molar-refractivity contribution in [3.63, 3.8) is 0 Å². The maximum absolute atomic E-state index is 13.2. The highest BCUT2D eigenvalue weighted by Crippen LogP contribution is 2.25. The van der Waals surface area contributed by atoms with E-state index in [-0.39, 0.29) is 11.9 Å². The van der Waals surface area contributed by atoms with E-state index < -0.39 is 6.04 Å². The third-order valence-corrected chi connectivity index (χ3v) is 5.05. The Bertz CT molecular complexity index is 925. The third-order valence-electron chi connectivity index (χ3n) is 5.05. The van der Waals surface area contributed by atoms with Gasteiger partial charge in [-0.25, -0.2) is 0 Å². The van der Waals surface area contributed by atoms with Crippen LogP contribution in [-0.4, -0.2) is 20.1 Å². The smallest absolute Gasteiger partial charge is 0.246 e. The third kappa shape index (κ3) is 5.39. The minimum absolute atomic E-state index is 0.0164. The molecule has 1 amide bonds. The summed E-state index contributed by atoms with van der Waals surface area (Å²) in [5.74, 6) is 1.44. The summed E-state index contributed by atoms with van der Waals surface area (Å²) in [7, 11) is 3.27. The number of amides is 1. The average molecular weight is 405 g/mol. The van der Waals surface area contributed by atoms with Gasteiger partial charge in [-0.3, -0.25) is 10.1 Å². The second-order valence-electron chi connectivity index (χ2n) is 6.96. The largest absolute Gasteiger partial charge is 0.497 e. The maximum atomic E-state index is 13.2. The number of hydrogen-bond acceptors (Lipinski definition) is 4. The Morgan fingerprint density at radius 2 is 1.37 bits per heavy atom. The minimum Gasteiger partial charge on any atom is -0.497 e. The van der Waals surface area contributed by atoms with Crippen LogP contribution in [0, 0.1) is 0 Å². The summed E-state index contributed by atoms with van der Waals surface area (Å²) in [6, 6.07) is 24.5. The van der Waals surface area contributed by atoms with Crippen molar-refractivity contribution in [3.05, 3.63) is 90.0 Å². The number of rotatable bonds is 9. The predicted molar refractivity (Wildman–Crippen MR) is 120 cm³/mol. The van der Waals surface area contributed by atoms with Crippen LogP contribution in [0.15, 0.2) is 78.9 Å². The Balaban J connectivity index is 1.82. The highest BCUT2D eigenvalue weighted by molar-refractivity contribution is 5.95. The van der Waals surface area contributed by atoms with Gasteiger partial charge in [0.1, 0.15) is 17.5 Å². The van der Waals surface area contributed by atoms with Gasteiger partial charge in [0.25, 0.3) is 0 Å². The summed E-state index contributed by atoms with van der Waals surface area (Å²) in [6.07, 6.45) is 0.839. The van der Waals surface area contributed by atoms with Gasteiger partial charge in [-0.05, 0) is 53.9 Å². The molecule has 0 aliphatic carbocycles. The van der Waals surface area contributed by atoms with Crippen LogP contribution in [0.3, 0.4) is 0 Å². The Morgan fingerprint density at radius 3 is 1.90 bits per heavy atom. The van der Waals surface area contributed by atoms with E-state index >= 15 is 0 Å². The molecule has 0 heterocycles. The molecule has 0 fully saturated rings. The molecule has 30 heavy (non-hydrogen) atoms. The number of nitrogens with one attached hydrogen (secondary N) is 2. The SMILES string of the molecule is CCC(NC(C(=O)Nc1ccc(OC)cc1)c1ccccc1)c1ccc(OC)cc1. The number of ether oxygens (including phenoxy) is 2. The minimum atomic E-state index is -0.500. The lowest BCUT2D eigenvalue weighted by Crippen LogP contribution is -2.35. The van der Waals surface area contributed by atoms with Crippen LogP contribution in [-0.2, 0) is 4.79 Å². The first-order chi connectivity index (χ1) is 14.6. The molecule has 0 spiro atoms. The van der Waals surface area contributed by atoms with Crippen molar-refractivity contribution in [1.82, 2.24) is 5.32 Å². The molecular weight excluding hydrogens is 376 g/mol. The zero-order valence-electron chi connectivity index (χ0n) is 17.6. The molecule has 0 aliphatic rings. The first-order valence-electron chi connectivity index (χ1n) is 10.0. The van der Waals surface area contributed by atoms with Gasteiger partial charge < -0.3 is 14.8 Å². The number of methoxy groups -OCH3 is 2. The lowest BCUT2D eigenvalue weighted by atomic mass is 9.99. The Labute approximate surface area is 178 Å². The summed E-state index contributed by atoms with van der Waals surface area (Å²) in [5.41, 5.74) is 2.74. The highest BCUT2D eigenvalue weighted by atomic mass is 16.5. The number of anilines is 1. The summed E-state index contributed by atoms with van der Waals surface area (Å²) >= 11 is 0. The molecular formula is C25H28N2O3. The number of carbonyl (C=O) groups excluding carboxylic acids is 1. The van der Waals surface area contributed by atoms with E-state index in [1.165, 1.54) is 0 Å². The predicted octanol–water partition coefficient (Wildman–Crippen LogP) is 5.12.